The molecule has 2 aromatic carbocycles. The van der Waals surface area contributed by atoms with Crippen LogP contribution in [0.3, 0.4) is 0 Å². The van der Waals surface area contributed by atoms with Crippen molar-refractivity contribution < 1.29 is 26.0 Å². The first-order valence-corrected chi connectivity index (χ1v) is 11.0. The van der Waals surface area contributed by atoms with Crippen molar-refractivity contribution in [3.05, 3.63) is 77.6 Å². The zero-order valence-electron chi connectivity index (χ0n) is 16.3. The van der Waals surface area contributed by atoms with Gasteiger partial charge in [0.25, 0.3) is 0 Å². The normalized spacial score (nSPS) is 13.2. The van der Waals surface area contributed by atoms with Crippen molar-refractivity contribution >= 4 is 15.7 Å². The Hall–Kier alpha value is -2.78. The second kappa shape index (κ2) is 8.53. The molecule has 0 aliphatic rings. The molecule has 5 nitrogen and oxygen atoms in total. The quantitative estimate of drug-likeness (QED) is 0.533. The SMILES string of the molecule is C[C@H](NCc1ccc(-c2ccc(C(F)(F)F)cc2)o1)c1ccc(NS(C)(=O)=O)cc1. The van der Waals surface area contributed by atoms with E-state index in [4.69, 9.17) is 4.42 Å². The summed E-state index contributed by atoms with van der Waals surface area (Å²) in [7, 11) is -3.32. The van der Waals surface area contributed by atoms with Gasteiger partial charge in [-0.05, 0) is 48.9 Å². The van der Waals surface area contributed by atoms with E-state index in [2.05, 4.69) is 10.0 Å². The molecule has 1 atom stereocenters. The molecule has 0 spiro atoms. The van der Waals surface area contributed by atoms with E-state index in [-0.39, 0.29) is 6.04 Å². The van der Waals surface area contributed by atoms with Crippen molar-refractivity contribution in [2.45, 2.75) is 25.7 Å². The molecule has 0 bridgehead atoms. The Labute approximate surface area is 173 Å². The standard InChI is InChI=1S/C21H21F3N2O3S/c1-14(15-5-9-18(10-6-15)26-30(2,27)28)25-13-19-11-12-20(29-19)16-3-7-17(8-4-16)21(22,23)24/h3-12,14,25-26H,13H2,1-2H3/t14-/m0/s1. The third kappa shape index (κ3) is 5.87. The maximum atomic E-state index is 12.7. The highest BCUT2D eigenvalue weighted by Crippen LogP contribution is 2.31. The number of benzene rings is 2. The first kappa shape index (κ1) is 21.9. The average Bonchev–Trinajstić information content (AvgIpc) is 3.14. The number of nitrogens with one attached hydrogen (secondary N) is 2. The topological polar surface area (TPSA) is 71.3 Å². The fraction of sp³-hybridized carbons (Fsp3) is 0.238. The molecule has 1 heterocycles. The van der Waals surface area contributed by atoms with Gasteiger partial charge in [-0.15, -0.1) is 0 Å². The molecule has 3 aromatic rings. The maximum absolute atomic E-state index is 12.7. The molecule has 0 aliphatic carbocycles. The minimum atomic E-state index is -4.37. The van der Waals surface area contributed by atoms with Gasteiger partial charge in [-0.25, -0.2) is 8.42 Å². The zero-order valence-corrected chi connectivity index (χ0v) is 17.1. The molecule has 0 radical (unpaired) electrons. The first-order chi connectivity index (χ1) is 14.0. The van der Waals surface area contributed by atoms with Crippen molar-refractivity contribution in [2.24, 2.45) is 0 Å². The van der Waals surface area contributed by atoms with Gasteiger partial charge in [-0.2, -0.15) is 13.2 Å². The van der Waals surface area contributed by atoms with Crippen molar-refractivity contribution in [3.8, 4) is 11.3 Å². The minimum absolute atomic E-state index is 0.0306. The van der Waals surface area contributed by atoms with Gasteiger partial charge in [0.05, 0.1) is 18.4 Å². The molecule has 160 valence electrons. The molecule has 0 fully saturated rings. The molecule has 2 N–H and O–H groups in total. The van der Waals surface area contributed by atoms with Crippen LogP contribution in [-0.2, 0) is 22.7 Å². The monoisotopic (exact) mass is 438 g/mol. The molecule has 1 aromatic heterocycles. The second-order valence-electron chi connectivity index (χ2n) is 6.94. The number of hydrogen-bond donors (Lipinski definition) is 2. The highest BCUT2D eigenvalue weighted by atomic mass is 32.2. The van der Waals surface area contributed by atoms with Crippen LogP contribution in [0.2, 0.25) is 0 Å². The lowest BCUT2D eigenvalue weighted by molar-refractivity contribution is -0.137. The predicted octanol–water partition coefficient (Wildman–Crippen LogP) is 5.19. The summed E-state index contributed by atoms with van der Waals surface area (Å²) in [4.78, 5) is 0. The summed E-state index contributed by atoms with van der Waals surface area (Å²) in [6, 6.07) is 15.3. The Morgan fingerprint density at radius 3 is 2.17 bits per heavy atom. The Morgan fingerprint density at radius 2 is 1.60 bits per heavy atom. The van der Waals surface area contributed by atoms with E-state index in [1.807, 2.05) is 19.1 Å². The summed E-state index contributed by atoms with van der Waals surface area (Å²) in [5, 5.41) is 3.30. The summed E-state index contributed by atoms with van der Waals surface area (Å²) >= 11 is 0. The van der Waals surface area contributed by atoms with Gasteiger partial charge in [-0.3, -0.25) is 4.72 Å². The van der Waals surface area contributed by atoms with E-state index in [9.17, 15) is 21.6 Å². The van der Waals surface area contributed by atoms with E-state index in [0.717, 1.165) is 24.0 Å². The number of alkyl halides is 3. The average molecular weight is 438 g/mol. The summed E-state index contributed by atoms with van der Waals surface area (Å²) < 4.78 is 68.7. The van der Waals surface area contributed by atoms with E-state index in [0.29, 0.717) is 29.3 Å². The molecule has 0 saturated carbocycles. The highest BCUT2D eigenvalue weighted by molar-refractivity contribution is 7.92. The fourth-order valence-corrected chi connectivity index (χ4v) is 3.44. The van der Waals surface area contributed by atoms with Crippen LogP contribution in [-0.4, -0.2) is 14.7 Å². The number of halogens is 3. The lowest BCUT2D eigenvalue weighted by atomic mass is 10.1. The molecule has 0 saturated heterocycles. The summed E-state index contributed by atoms with van der Waals surface area (Å²) in [6.07, 6.45) is -3.28. The largest absolute Gasteiger partial charge is 0.460 e. The van der Waals surface area contributed by atoms with Gasteiger partial charge in [0.1, 0.15) is 11.5 Å². The Bertz CT molecular complexity index is 1090. The van der Waals surface area contributed by atoms with Gasteiger partial charge >= 0.3 is 6.18 Å². The van der Waals surface area contributed by atoms with Crippen molar-refractivity contribution in [1.82, 2.24) is 5.32 Å². The van der Waals surface area contributed by atoms with Crippen LogP contribution < -0.4 is 10.0 Å². The molecular formula is C21H21F3N2O3S. The van der Waals surface area contributed by atoms with Crippen molar-refractivity contribution in [3.63, 3.8) is 0 Å². The lowest BCUT2D eigenvalue weighted by Gasteiger charge is -2.14. The lowest BCUT2D eigenvalue weighted by Crippen LogP contribution is -2.17. The van der Waals surface area contributed by atoms with E-state index < -0.39 is 21.8 Å². The third-order valence-electron chi connectivity index (χ3n) is 4.45. The van der Waals surface area contributed by atoms with Crippen LogP contribution in [0, 0.1) is 0 Å². The van der Waals surface area contributed by atoms with Crippen LogP contribution in [0.25, 0.3) is 11.3 Å². The molecule has 30 heavy (non-hydrogen) atoms. The summed E-state index contributed by atoms with van der Waals surface area (Å²) in [5.74, 6) is 1.14. The first-order valence-electron chi connectivity index (χ1n) is 9.09. The number of hydrogen-bond acceptors (Lipinski definition) is 4. The van der Waals surface area contributed by atoms with Crippen LogP contribution in [0.5, 0.6) is 0 Å². The van der Waals surface area contributed by atoms with Gasteiger partial charge in [0.15, 0.2) is 0 Å². The number of sulfonamides is 1. The van der Waals surface area contributed by atoms with Crippen molar-refractivity contribution in [1.29, 1.82) is 0 Å². The molecule has 3 rings (SSSR count). The Balaban J connectivity index is 1.60. The number of rotatable bonds is 7. The van der Waals surface area contributed by atoms with E-state index in [1.54, 1.807) is 24.3 Å². The fourth-order valence-electron chi connectivity index (χ4n) is 2.88. The predicted molar refractivity (Wildman–Crippen MR) is 109 cm³/mol. The van der Waals surface area contributed by atoms with Gasteiger partial charge < -0.3 is 9.73 Å². The Kier molecular flexibility index (Phi) is 6.23. The number of anilines is 1. The summed E-state index contributed by atoms with van der Waals surface area (Å²) in [6.45, 7) is 2.38. The second-order valence-corrected chi connectivity index (χ2v) is 8.69. The Morgan fingerprint density at radius 1 is 0.967 bits per heavy atom. The molecule has 0 unspecified atom stereocenters. The van der Waals surface area contributed by atoms with E-state index in [1.165, 1.54) is 12.1 Å². The van der Waals surface area contributed by atoms with Crippen LogP contribution in [0.4, 0.5) is 18.9 Å². The van der Waals surface area contributed by atoms with Gasteiger partial charge in [0.2, 0.25) is 10.0 Å². The maximum Gasteiger partial charge on any atom is 0.416 e. The van der Waals surface area contributed by atoms with Crippen LogP contribution in [0.15, 0.2) is 65.1 Å². The van der Waals surface area contributed by atoms with Crippen molar-refractivity contribution in [2.75, 3.05) is 11.0 Å². The molecule has 0 amide bonds. The molecular weight excluding hydrogens is 417 g/mol. The van der Waals surface area contributed by atoms with Gasteiger partial charge in [-0.1, -0.05) is 24.3 Å². The van der Waals surface area contributed by atoms with Crippen LogP contribution in [0.1, 0.15) is 29.9 Å². The van der Waals surface area contributed by atoms with E-state index >= 15 is 0 Å². The number of furan rings is 1. The zero-order chi connectivity index (χ0) is 21.9. The molecule has 9 heteroatoms. The minimum Gasteiger partial charge on any atom is -0.460 e. The summed E-state index contributed by atoms with van der Waals surface area (Å²) in [5.41, 5.74) is 1.31. The molecule has 0 aliphatic heterocycles. The van der Waals surface area contributed by atoms with Crippen LogP contribution >= 0.6 is 0 Å². The smallest absolute Gasteiger partial charge is 0.416 e. The highest BCUT2D eigenvalue weighted by Gasteiger charge is 2.30. The third-order valence-corrected chi connectivity index (χ3v) is 5.06. The van der Waals surface area contributed by atoms with Gasteiger partial charge in [0, 0.05) is 17.3 Å².